The van der Waals surface area contributed by atoms with Crippen molar-refractivity contribution in [2.75, 3.05) is 18.6 Å². The molecular formula is C34H36O7S2. The van der Waals surface area contributed by atoms with E-state index in [1.807, 2.05) is 67.6 Å². The first-order valence-electron chi connectivity index (χ1n) is 14.1. The first-order valence-corrected chi connectivity index (χ1v) is 16.9. The standard InChI is InChI=1S/C34H36O7S2/c1-3-8-33(35)40-34-28(21-23-38-29-17-19-31(20-18-29)41-43(2,36)37)11-7-12-32(34)42-24-22-26-13-15-30(16-14-26)39-25-27-9-5-4-6-10-27/h4-7,9-20H,3,8,21-25H2,1-2H3. The summed E-state index contributed by atoms with van der Waals surface area (Å²) >= 11 is 1.65. The molecule has 7 nitrogen and oxygen atoms in total. The normalized spacial score (nSPS) is 11.1. The van der Waals surface area contributed by atoms with Crippen molar-refractivity contribution in [3.63, 3.8) is 0 Å². The Balaban J connectivity index is 1.34. The van der Waals surface area contributed by atoms with Gasteiger partial charge >= 0.3 is 16.1 Å². The lowest BCUT2D eigenvalue weighted by Crippen LogP contribution is -2.11. The van der Waals surface area contributed by atoms with Gasteiger partial charge in [-0.15, -0.1) is 11.8 Å². The van der Waals surface area contributed by atoms with Gasteiger partial charge in [-0.25, -0.2) is 0 Å². The molecule has 43 heavy (non-hydrogen) atoms. The van der Waals surface area contributed by atoms with Crippen LogP contribution in [0.25, 0.3) is 0 Å². The molecule has 226 valence electrons. The Morgan fingerprint density at radius 3 is 2.12 bits per heavy atom. The largest absolute Gasteiger partial charge is 0.493 e. The first kappa shape index (κ1) is 32.0. The fourth-order valence-electron chi connectivity index (χ4n) is 4.17. The summed E-state index contributed by atoms with van der Waals surface area (Å²) in [4.78, 5) is 13.4. The smallest absolute Gasteiger partial charge is 0.311 e. The summed E-state index contributed by atoms with van der Waals surface area (Å²) in [6.07, 6.45) is 3.41. The average molecular weight is 621 g/mol. The third kappa shape index (κ3) is 11.0. The Labute approximate surface area is 258 Å². The van der Waals surface area contributed by atoms with Gasteiger partial charge in [0, 0.05) is 18.6 Å². The summed E-state index contributed by atoms with van der Waals surface area (Å²) in [5, 5.41) is 0. The van der Waals surface area contributed by atoms with E-state index in [0.717, 1.165) is 40.2 Å². The summed E-state index contributed by atoms with van der Waals surface area (Å²) in [6.45, 7) is 2.82. The van der Waals surface area contributed by atoms with Crippen LogP contribution in [0.15, 0.2) is 102 Å². The molecule has 0 aliphatic rings. The van der Waals surface area contributed by atoms with Gasteiger partial charge < -0.3 is 18.4 Å². The maximum atomic E-state index is 12.5. The van der Waals surface area contributed by atoms with Gasteiger partial charge in [0.1, 0.15) is 29.6 Å². The zero-order valence-corrected chi connectivity index (χ0v) is 26.0. The number of aryl methyl sites for hydroxylation is 1. The number of hydrogen-bond donors (Lipinski definition) is 0. The van der Waals surface area contributed by atoms with Crippen LogP contribution in [0, 0.1) is 0 Å². The van der Waals surface area contributed by atoms with E-state index in [9.17, 15) is 13.2 Å². The number of ether oxygens (including phenoxy) is 3. The van der Waals surface area contributed by atoms with Crippen LogP contribution in [0.3, 0.4) is 0 Å². The molecule has 0 amide bonds. The van der Waals surface area contributed by atoms with Crippen molar-refractivity contribution in [3.8, 4) is 23.0 Å². The molecular weight excluding hydrogens is 585 g/mol. The van der Waals surface area contributed by atoms with Crippen molar-refractivity contribution in [1.82, 2.24) is 0 Å². The number of hydrogen-bond acceptors (Lipinski definition) is 8. The van der Waals surface area contributed by atoms with Crippen LogP contribution in [0.4, 0.5) is 0 Å². The Morgan fingerprint density at radius 1 is 0.744 bits per heavy atom. The van der Waals surface area contributed by atoms with Gasteiger partial charge in [-0.05, 0) is 72.0 Å². The van der Waals surface area contributed by atoms with Gasteiger partial charge in [-0.3, -0.25) is 4.79 Å². The van der Waals surface area contributed by atoms with Gasteiger partial charge in [-0.1, -0.05) is 61.5 Å². The SMILES string of the molecule is CCCC(=O)Oc1c(CCOc2ccc(OS(C)(=O)=O)cc2)cccc1SCCc1ccc(OCc2ccccc2)cc1. The van der Waals surface area contributed by atoms with E-state index in [0.29, 0.717) is 44.0 Å². The molecule has 4 aromatic rings. The highest BCUT2D eigenvalue weighted by molar-refractivity contribution is 7.99. The molecule has 0 saturated heterocycles. The second-order valence-corrected chi connectivity index (χ2v) is 12.6. The number of carbonyl (C=O) groups excluding carboxylic acids is 1. The minimum Gasteiger partial charge on any atom is -0.493 e. The lowest BCUT2D eigenvalue weighted by atomic mass is 10.1. The van der Waals surface area contributed by atoms with Crippen molar-refractivity contribution >= 4 is 27.8 Å². The molecule has 0 saturated carbocycles. The van der Waals surface area contributed by atoms with Gasteiger partial charge in [-0.2, -0.15) is 8.42 Å². The molecule has 0 unspecified atom stereocenters. The molecule has 9 heteroatoms. The third-order valence-corrected chi connectivity index (χ3v) is 7.80. The number of thioether (sulfide) groups is 1. The van der Waals surface area contributed by atoms with Crippen LogP contribution >= 0.6 is 11.8 Å². The Kier molecular flexibility index (Phi) is 11.9. The number of carbonyl (C=O) groups is 1. The topological polar surface area (TPSA) is 88.1 Å². The lowest BCUT2D eigenvalue weighted by molar-refractivity contribution is -0.134. The fourth-order valence-corrected chi connectivity index (χ4v) is 5.67. The summed E-state index contributed by atoms with van der Waals surface area (Å²) in [5.74, 6) is 2.76. The van der Waals surface area contributed by atoms with Crippen LogP contribution in [0.1, 0.15) is 36.5 Å². The van der Waals surface area contributed by atoms with Crippen molar-refractivity contribution in [2.24, 2.45) is 0 Å². The quantitative estimate of drug-likeness (QED) is 0.0560. The fraction of sp³-hybridized carbons (Fsp3) is 0.265. The monoisotopic (exact) mass is 620 g/mol. The maximum Gasteiger partial charge on any atom is 0.311 e. The van der Waals surface area contributed by atoms with Crippen molar-refractivity contribution in [3.05, 3.63) is 114 Å². The van der Waals surface area contributed by atoms with Crippen molar-refractivity contribution in [1.29, 1.82) is 0 Å². The van der Waals surface area contributed by atoms with E-state index in [4.69, 9.17) is 18.4 Å². The number of rotatable bonds is 16. The number of para-hydroxylation sites is 1. The van der Waals surface area contributed by atoms with Gasteiger partial charge in [0.05, 0.1) is 17.8 Å². The van der Waals surface area contributed by atoms with Crippen LogP contribution < -0.4 is 18.4 Å². The first-order chi connectivity index (χ1) is 20.8. The summed E-state index contributed by atoms with van der Waals surface area (Å²) in [5.41, 5.74) is 3.20. The van der Waals surface area contributed by atoms with E-state index in [2.05, 4.69) is 12.1 Å². The summed E-state index contributed by atoms with van der Waals surface area (Å²) < 4.78 is 45.1. The predicted molar refractivity (Wildman–Crippen MR) is 170 cm³/mol. The minimum atomic E-state index is -3.59. The molecule has 0 bridgehead atoms. The number of esters is 1. The van der Waals surface area contributed by atoms with E-state index in [1.165, 1.54) is 17.7 Å². The van der Waals surface area contributed by atoms with Gasteiger partial charge in [0.15, 0.2) is 0 Å². The molecule has 0 N–H and O–H groups in total. The Bertz CT molecular complexity index is 1550. The van der Waals surface area contributed by atoms with E-state index < -0.39 is 10.1 Å². The van der Waals surface area contributed by atoms with Crippen LogP contribution in [-0.4, -0.2) is 33.0 Å². The van der Waals surface area contributed by atoms with Crippen molar-refractivity contribution in [2.45, 2.75) is 44.1 Å². The lowest BCUT2D eigenvalue weighted by Gasteiger charge is -2.15. The Morgan fingerprint density at radius 2 is 1.42 bits per heavy atom. The van der Waals surface area contributed by atoms with Crippen LogP contribution in [0.5, 0.6) is 23.0 Å². The average Bonchev–Trinajstić information content (AvgIpc) is 2.99. The molecule has 0 spiro atoms. The second kappa shape index (κ2) is 16.0. The highest BCUT2D eigenvalue weighted by atomic mass is 32.2. The van der Waals surface area contributed by atoms with E-state index in [-0.39, 0.29) is 11.7 Å². The van der Waals surface area contributed by atoms with Crippen LogP contribution in [-0.2, 0) is 34.4 Å². The maximum absolute atomic E-state index is 12.5. The van der Waals surface area contributed by atoms with Crippen molar-refractivity contribution < 1.29 is 31.6 Å². The molecule has 0 heterocycles. The van der Waals surface area contributed by atoms with Gasteiger partial charge in [0.2, 0.25) is 0 Å². The summed E-state index contributed by atoms with van der Waals surface area (Å²) in [7, 11) is -3.59. The van der Waals surface area contributed by atoms with Gasteiger partial charge in [0.25, 0.3) is 0 Å². The van der Waals surface area contributed by atoms with E-state index in [1.54, 1.807) is 23.9 Å². The highest BCUT2D eigenvalue weighted by Crippen LogP contribution is 2.34. The Hall–Kier alpha value is -3.95. The second-order valence-electron chi connectivity index (χ2n) is 9.84. The zero-order valence-electron chi connectivity index (χ0n) is 24.4. The molecule has 0 aliphatic heterocycles. The third-order valence-electron chi connectivity index (χ3n) is 6.26. The van der Waals surface area contributed by atoms with Crippen LogP contribution in [0.2, 0.25) is 0 Å². The molecule has 4 aromatic carbocycles. The molecule has 0 fully saturated rings. The molecule has 4 rings (SSSR count). The molecule has 0 radical (unpaired) electrons. The number of benzene rings is 4. The highest BCUT2D eigenvalue weighted by Gasteiger charge is 2.15. The molecule has 0 aliphatic carbocycles. The zero-order chi connectivity index (χ0) is 30.5. The molecule has 0 atom stereocenters. The molecule has 0 aromatic heterocycles. The van der Waals surface area contributed by atoms with E-state index >= 15 is 0 Å². The summed E-state index contributed by atoms with van der Waals surface area (Å²) in [6, 6.07) is 30.5. The predicted octanol–water partition coefficient (Wildman–Crippen LogP) is 7.27. The minimum absolute atomic E-state index is 0.219.